The van der Waals surface area contributed by atoms with Gasteiger partial charge in [0.1, 0.15) is 12.4 Å². The van der Waals surface area contributed by atoms with Crippen LogP contribution in [0.4, 0.5) is 10.1 Å². The summed E-state index contributed by atoms with van der Waals surface area (Å²) in [6.07, 6.45) is 0. The second kappa shape index (κ2) is 6.66. The molecule has 118 valence electrons. The Morgan fingerprint density at radius 3 is 2.54 bits per heavy atom. The van der Waals surface area contributed by atoms with Crippen LogP contribution in [0.1, 0.15) is 5.56 Å². The third-order valence-electron chi connectivity index (χ3n) is 3.14. The SMILES string of the molecule is N#Cc1ccc(NC(=O)Cn2nnc(-c3ccc(F)cc3)n2)cc1. The molecule has 0 unspecified atom stereocenters. The zero-order chi connectivity index (χ0) is 16.9. The second-order valence-electron chi connectivity index (χ2n) is 4.89. The largest absolute Gasteiger partial charge is 0.324 e. The van der Waals surface area contributed by atoms with Crippen molar-refractivity contribution in [3.63, 3.8) is 0 Å². The maximum Gasteiger partial charge on any atom is 0.248 e. The molecule has 1 aromatic heterocycles. The van der Waals surface area contributed by atoms with Crippen molar-refractivity contribution in [3.05, 3.63) is 59.9 Å². The molecule has 3 rings (SSSR count). The number of rotatable bonds is 4. The molecule has 0 radical (unpaired) electrons. The highest BCUT2D eigenvalue weighted by Gasteiger charge is 2.09. The minimum Gasteiger partial charge on any atom is -0.324 e. The average Bonchev–Trinajstić information content (AvgIpc) is 3.04. The van der Waals surface area contributed by atoms with Crippen LogP contribution in [-0.2, 0) is 11.3 Å². The molecule has 0 saturated carbocycles. The molecule has 0 atom stereocenters. The van der Waals surface area contributed by atoms with Gasteiger partial charge in [0.15, 0.2) is 0 Å². The molecule has 0 spiro atoms. The van der Waals surface area contributed by atoms with Gasteiger partial charge in [-0.15, -0.1) is 10.2 Å². The lowest BCUT2D eigenvalue weighted by Crippen LogP contribution is -2.20. The molecule has 1 heterocycles. The summed E-state index contributed by atoms with van der Waals surface area (Å²) in [4.78, 5) is 13.1. The van der Waals surface area contributed by atoms with Crippen LogP contribution in [-0.4, -0.2) is 26.1 Å². The summed E-state index contributed by atoms with van der Waals surface area (Å²) < 4.78 is 12.9. The molecule has 0 aliphatic carbocycles. The van der Waals surface area contributed by atoms with Gasteiger partial charge in [-0.2, -0.15) is 10.1 Å². The third kappa shape index (κ3) is 3.59. The molecule has 0 saturated heterocycles. The number of carbonyl (C=O) groups is 1. The second-order valence-corrected chi connectivity index (χ2v) is 4.89. The molecule has 3 aromatic rings. The highest BCUT2D eigenvalue weighted by atomic mass is 19.1. The minimum atomic E-state index is -0.354. The number of carbonyl (C=O) groups excluding carboxylic acids is 1. The van der Waals surface area contributed by atoms with Gasteiger partial charge in [0.2, 0.25) is 11.7 Å². The molecule has 0 bridgehead atoms. The first-order chi connectivity index (χ1) is 11.6. The van der Waals surface area contributed by atoms with E-state index in [0.29, 0.717) is 22.6 Å². The van der Waals surface area contributed by atoms with Crippen LogP contribution in [0.3, 0.4) is 0 Å². The lowest BCUT2D eigenvalue weighted by atomic mass is 10.2. The van der Waals surface area contributed by atoms with E-state index in [1.807, 2.05) is 6.07 Å². The zero-order valence-corrected chi connectivity index (χ0v) is 12.3. The monoisotopic (exact) mass is 322 g/mol. The molecule has 1 N–H and O–H groups in total. The van der Waals surface area contributed by atoms with E-state index in [1.165, 1.54) is 24.3 Å². The van der Waals surface area contributed by atoms with Gasteiger partial charge in [0.05, 0.1) is 11.6 Å². The Morgan fingerprint density at radius 1 is 1.17 bits per heavy atom. The van der Waals surface area contributed by atoms with Crippen molar-refractivity contribution in [2.75, 3.05) is 5.32 Å². The molecule has 1 amide bonds. The van der Waals surface area contributed by atoms with Crippen LogP contribution >= 0.6 is 0 Å². The van der Waals surface area contributed by atoms with Crippen LogP contribution in [0.2, 0.25) is 0 Å². The Balaban J connectivity index is 1.64. The number of anilines is 1. The van der Waals surface area contributed by atoms with Crippen LogP contribution in [0.5, 0.6) is 0 Å². The predicted molar refractivity (Wildman–Crippen MR) is 83.0 cm³/mol. The number of benzene rings is 2. The van der Waals surface area contributed by atoms with Gasteiger partial charge in [-0.05, 0) is 53.7 Å². The minimum absolute atomic E-state index is 0.117. The quantitative estimate of drug-likeness (QED) is 0.792. The number of tetrazole rings is 1. The molecule has 2 aromatic carbocycles. The highest BCUT2D eigenvalue weighted by molar-refractivity contribution is 5.90. The van der Waals surface area contributed by atoms with E-state index in [0.717, 1.165) is 4.80 Å². The summed E-state index contributed by atoms with van der Waals surface area (Å²) in [6.45, 7) is -0.117. The number of hydrogen-bond donors (Lipinski definition) is 1. The number of aromatic nitrogens is 4. The number of nitrogens with zero attached hydrogens (tertiary/aromatic N) is 5. The smallest absolute Gasteiger partial charge is 0.248 e. The Labute approximate surface area is 136 Å². The van der Waals surface area contributed by atoms with Gasteiger partial charge >= 0.3 is 0 Å². The lowest BCUT2D eigenvalue weighted by molar-refractivity contribution is -0.117. The van der Waals surface area contributed by atoms with Gasteiger partial charge in [-0.25, -0.2) is 4.39 Å². The average molecular weight is 322 g/mol. The number of hydrogen-bond acceptors (Lipinski definition) is 5. The zero-order valence-electron chi connectivity index (χ0n) is 12.3. The first-order valence-corrected chi connectivity index (χ1v) is 6.98. The van der Waals surface area contributed by atoms with Gasteiger partial charge in [0, 0.05) is 11.3 Å². The van der Waals surface area contributed by atoms with Crippen molar-refractivity contribution in [2.24, 2.45) is 0 Å². The Morgan fingerprint density at radius 2 is 1.88 bits per heavy atom. The van der Waals surface area contributed by atoms with E-state index in [4.69, 9.17) is 5.26 Å². The van der Waals surface area contributed by atoms with Crippen LogP contribution in [0.25, 0.3) is 11.4 Å². The summed E-state index contributed by atoms with van der Waals surface area (Å²) in [5.41, 5.74) is 1.68. The van der Waals surface area contributed by atoms with Crippen molar-refractivity contribution >= 4 is 11.6 Å². The summed E-state index contributed by atoms with van der Waals surface area (Å²) in [5, 5.41) is 23.1. The predicted octanol–water partition coefficient (Wildman–Crippen LogP) is 1.99. The van der Waals surface area contributed by atoms with E-state index < -0.39 is 0 Å². The summed E-state index contributed by atoms with van der Waals surface area (Å²) in [5.74, 6) is -0.378. The Kier molecular flexibility index (Phi) is 4.25. The first-order valence-electron chi connectivity index (χ1n) is 6.98. The molecule has 8 heteroatoms. The van der Waals surface area contributed by atoms with E-state index in [-0.39, 0.29) is 18.3 Å². The molecule has 0 aliphatic rings. The summed E-state index contributed by atoms with van der Waals surface area (Å²) in [7, 11) is 0. The summed E-state index contributed by atoms with van der Waals surface area (Å²) >= 11 is 0. The van der Waals surface area contributed by atoms with Gasteiger partial charge in [-0.3, -0.25) is 4.79 Å². The molecule has 0 aliphatic heterocycles. The fraction of sp³-hybridized carbons (Fsp3) is 0.0625. The standard InChI is InChI=1S/C16H11FN6O/c17-13-5-3-12(4-6-13)16-20-22-23(21-16)10-15(24)19-14-7-1-11(9-18)2-8-14/h1-8H,10H2,(H,19,24). The molecule has 7 nitrogen and oxygen atoms in total. The fourth-order valence-corrected chi connectivity index (χ4v) is 1.98. The van der Waals surface area contributed by atoms with Gasteiger partial charge < -0.3 is 5.32 Å². The van der Waals surface area contributed by atoms with Crippen molar-refractivity contribution in [1.82, 2.24) is 20.2 Å². The Hall–Kier alpha value is -3.60. The van der Waals surface area contributed by atoms with E-state index in [1.54, 1.807) is 24.3 Å². The normalized spacial score (nSPS) is 10.2. The molecule has 24 heavy (non-hydrogen) atoms. The number of amides is 1. The van der Waals surface area contributed by atoms with Crippen LogP contribution in [0, 0.1) is 17.1 Å². The van der Waals surface area contributed by atoms with Crippen molar-refractivity contribution in [1.29, 1.82) is 5.26 Å². The first kappa shape index (κ1) is 15.3. The van der Waals surface area contributed by atoms with Crippen molar-refractivity contribution in [3.8, 4) is 17.5 Å². The lowest BCUT2D eigenvalue weighted by Gasteiger charge is -2.04. The molecular weight excluding hydrogens is 311 g/mol. The van der Waals surface area contributed by atoms with Gasteiger partial charge in [0.25, 0.3) is 0 Å². The van der Waals surface area contributed by atoms with E-state index >= 15 is 0 Å². The van der Waals surface area contributed by atoms with E-state index in [9.17, 15) is 9.18 Å². The van der Waals surface area contributed by atoms with E-state index in [2.05, 4.69) is 20.7 Å². The molecule has 0 fully saturated rings. The highest BCUT2D eigenvalue weighted by Crippen LogP contribution is 2.14. The van der Waals surface area contributed by atoms with Crippen molar-refractivity contribution in [2.45, 2.75) is 6.54 Å². The van der Waals surface area contributed by atoms with Crippen LogP contribution in [0.15, 0.2) is 48.5 Å². The summed E-state index contributed by atoms with van der Waals surface area (Å²) in [6, 6.07) is 14.2. The Bertz CT molecular complexity index is 896. The molecular formula is C16H11FN6O. The number of nitrogens with one attached hydrogen (secondary N) is 1. The topological polar surface area (TPSA) is 96.5 Å². The van der Waals surface area contributed by atoms with Crippen LogP contribution < -0.4 is 5.32 Å². The fourth-order valence-electron chi connectivity index (χ4n) is 1.98. The van der Waals surface area contributed by atoms with Crippen molar-refractivity contribution < 1.29 is 9.18 Å². The third-order valence-corrected chi connectivity index (χ3v) is 3.14. The maximum absolute atomic E-state index is 12.9. The number of nitriles is 1. The maximum atomic E-state index is 12.9. The number of halogens is 1. The van der Waals surface area contributed by atoms with Gasteiger partial charge in [-0.1, -0.05) is 0 Å².